The summed E-state index contributed by atoms with van der Waals surface area (Å²) in [6, 6.07) is 12.5. The summed E-state index contributed by atoms with van der Waals surface area (Å²) >= 11 is 0. The second kappa shape index (κ2) is 6.00. The van der Waals surface area contributed by atoms with E-state index in [9.17, 15) is 5.11 Å². The van der Waals surface area contributed by atoms with E-state index in [4.69, 9.17) is 4.52 Å². The zero-order valence-corrected chi connectivity index (χ0v) is 17.1. The minimum atomic E-state index is -0.973. The number of benzene rings is 1. The molecular weight excluding hydrogens is 364 g/mol. The summed E-state index contributed by atoms with van der Waals surface area (Å²) in [5.74, 6) is 1.77. The highest BCUT2D eigenvalue weighted by Gasteiger charge is 2.50. The van der Waals surface area contributed by atoms with E-state index >= 15 is 0 Å². The fourth-order valence-corrected chi connectivity index (χ4v) is 4.34. The molecule has 4 aromatic rings. The Morgan fingerprint density at radius 3 is 2.38 bits per heavy atom. The van der Waals surface area contributed by atoms with Gasteiger partial charge in [0, 0.05) is 17.3 Å². The molecule has 0 aliphatic heterocycles. The molecule has 0 amide bonds. The Balaban J connectivity index is 1.58. The lowest BCUT2D eigenvalue weighted by molar-refractivity contribution is 0.0796. The summed E-state index contributed by atoms with van der Waals surface area (Å²) in [5, 5.41) is 23.6. The van der Waals surface area contributed by atoms with Gasteiger partial charge in [-0.1, -0.05) is 35.5 Å². The highest BCUT2D eigenvalue weighted by Crippen LogP contribution is 2.53. The molecule has 0 atom stereocenters. The molecule has 1 aliphatic rings. The van der Waals surface area contributed by atoms with Gasteiger partial charge in [-0.3, -0.25) is 4.40 Å². The molecule has 0 radical (unpaired) electrons. The van der Waals surface area contributed by atoms with E-state index in [2.05, 4.69) is 39.6 Å². The van der Waals surface area contributed by atoms with Crippen LogP contribution < -0.4 is 0 Å². The lowest BCUT2D eigenvalue weighted by Gasteiger charge is -2.19. The molecule has 1 fully saturated rings. The lowest BCUT2D eigenvalue weighted by atomic mass is 9.92. The van der Waals surface area contributed by atoms with Crippen LogP contribution >= 0.6 is 0 Å². The fourth-order valence-electron chi connectivity index (χ4n) is 4.34. The van der Waals surface area contributed by atoms with E-state index in [0.717, 1.165) is 46.8 Å². The van der Waals surface area contributed by atoms with E-state index in [1.54, 1.807) is 13.8 Å². The number of aryl methyl sites for hydroxylation is 2. The standard InChI is InChI=1S/C23H24N4O2/c1-14-19(15(2)29-26-14)16-7-9-17(10-8-16)23(11-12-23)21-25-24-20-18(22(3,4)28)6-5-13-27(20)21/h5-10,13,28H,11-12H2,1-4H3. The Labute approximate surface area is 169 Å². The number of aromatic nitrogens is 4. The zero-order chi connectivity index (χ0) is 20.4. The van der Waals surface area contributed by atoms with Crippen molar-refractivity contribution in [3.05, 3.63) is 71.0 Å². The molecule has 1 N–H and O–H groups in total. The van der Waals surface area contributed by atoms with Crippen LogP contribution in [0.2, 0.25) is 0 Å². The maximum absolute atomic E-state index is 10.5. The van der Waals surface area contributed by atoms with Crippen molar-refractivity contribution in [2.24, 2.45) is 0 Å². The molecule has 3 heterocycles. The Kier molecular flexibility index (Phi) is 3.74. The molecule has 1 aliphatic carbocycles. The summed E-state index contributed by atoms with van der Waals surface area (Å²) in [6.07, 6.45) is 4.05. The highest BCUT2D eigenvalue weighted by atomic mass is 16.5. The van der Waals surface area contributed by atoms with Crippen LogP contribution in [0.1, 0.15) is 55.1 Å². The molecule has 0 bridgehead atoms. The van der Waals surface area contributed by atoms with Crippen LogP contribution in [0, 0.1) is 13.8 Å². The number of aliphatic hydroxyl groups is 1. The predicted molar refractivity (Wildman–Crippen MR) is 110 cm³/mol. The van der Waals surface area contributed by atoms with Gasteiger partial charge in [0.1, 0.15) is 11.6 Å². The number of pyridine rings is 1. The molecule has 3 aromatic heterocycles. The van der Waals surface area contributed by atoms with Crippen molar-refractivity contribution in [1.29, 1.82) is 0 Å². The molecular formula is C23H24N4O2. The summed E-state index contributed by atoms with van der Waals surface area (Å²) in [5.41, 5.74) is 4.70. The van der Waals surface area contributed by atoms with Crippen LogP contribution in [-0.4, -0.2) is 24.9 Å². The Morgan fingerprint density at radius 1 is 1.07 bits per heavy atom. The Morgan fingerprint density at radius 2 is 1.79 bits per heavy atom. The molecule has 0 spiro atoms. The van der Waals surface area contributed by atoms with Crippen molar-refractivity contribution in [3.8, 4) is 11.1 Å². The maximum atomic E-state index is 10.5. The predicted octanol–water partition coefficient (Wildman–Crippen LogP) is 4.31. The van der Waals surface area contributed by atoms with Crippen molar-refractivity contribution in [1.82, 2.24) is 19.8 Å². The van der Waals surface area contributed by atoms with Gasteiger partial charge in [-0.25, -0.2) is 0 Å². The molecule has 5 rings (SSSR count). The maximum Gasteiger partial charge on any atom is 0.166 e. The van der Waals surface area contributed by atoms with Gasteiger partial charge < -0.3 is 9.63 Å². The van der Waals surface area contributed by atoms with Crippen LogP contribution in [0.25, 0.3) is 16.8 Å². The zero-order valence-electron chi connectivity index (χ0n) is 17.1. The van der Waals surface area contributed by atoms with Crippen LogP contribution in [0.4, 0.5) is 0 Å². The molecule has 6 nitrogen and oxygen atoms in total. The third-order valence-electron chi connectivity index (χ3n) is 6.03. The summed E-state index contributed by atoms with van der Waals surface area (Å²) < 4.78 is 7.34. The van der Waals surface area contributed by atoms with Crippen LogP contribution in [0.3, 0.4) is 0 Å². The number of hydrogen-bond acceptors (Lipinski definition) is 5. The van der Waals surface area contributed by atoms with Gasteiger partial charge in [-0.05, 0) is 57.7 Å². The fraction of sp³-hybridized carbons (Fsp3) is 0.348. The first-order valence-electron chi connectivity index (χ1n) is 9.92. The van der Waals surface area contributed by atoms with E-state index in [1.165, 1.54) is 5.56 Å². The third-order valence-corrected chi connectivity index (χ3v) is 6.03. The van der Waals surface area contributed by atoms with E-state index in [0.29, 0.717) is 5.65 Å². The van der Waals surface area contributed by atoms with Gasteiger partial charge >= 0.3 is 0 Å². The largest absolute Gasteiger partial charge is 0.386 e. The van der Waals surface area contributed by atoms with Gasteiger partial charge in [0.25, 0.3) is 0 Å². The van der Waals surface area contributed by atoms with E-state index < -0.39 is 5.60 Å². The Hall–Kier alpha value is -2.99. The smallest absolute Gasteiger partial charge is 0.166 e. The first kappa shape index (κ1) is 18.1. The second-order valence-corrected chi connectivity index (χ2v) is 8.56. The van der Waals surface area contributed by atoms with Gasteiger partial charge in [0.05, 0.1) is 16.7 Å². The summed E-state index contributed by atoms with van der Waals surface area (Å²) in [4.78, 5) is 0. The van der Waals surface area contributed by atoms with Crippen molar-refractivity contribution in [3.63, 3.8) is 0 Å². The van der Waals surface area contributed by atoms with E-state index in [-0.39, 0.29) is 5.41 Å². The molecule has 0 unspecified atom stereocenters. The first-order chi connectivity index (χ1) is 13.8. The van der Waals surface area contributed by atoms with Gasteiger partial charge in [-0.2, -0.15) is 0 Å². The van der Waals surface area contributed by atoms with Crippen molar-refractivity contribution < 1.29 is 9.63 Å². The molecule has 1 saturated carbocycles. The second-order valence-electron chi connectivity index (χ2n) is 8.56. The molecule has 148 valence electrons. The Bertz CT molecular complexity index is 1190. The van der Waals surface area contributed by atoms with Crippen LogP contribution in [-0.2, 0) is 11.0 Å². The monoisotopic (exact) mass is 388 g/mol. The number of rotatable bonds is 4. The molecule has 1 aromatic carbocycles. The van der Waals surface area contributed by atoms with Crippen molar-refractivity contribution in [2.75, 3.05) is 0 Å². The minimum Gasteiger partial charge on any atom is -0.386 e. The van der Waals surface area contributed by atoms with Gasteiger partial charge in [-0.15, -0.1) is 10.2 Å². The molecule has 0 saturated heterocycles. The average Bonchev–Trinajstić information content (AvgIpc) is 3.26. The van der Waals surface area contributed by atoms with Gasteiger partial charge in [0.15, 0.2) is 5.65 Å². The van der Waals surface area contributed by atoms with Crippen molar-refractivity contribution >= 4 is 5.65 Å². The lowest BCUT2D eigenvalue weighted by Crippen LogP contribution is -2.18. The van der Waals surface area contributed by atoms with Crippen molar-refractivity contribution in [2.45, 2.75) is 51.6 Å². The van der Waals surface area contributed by atoms with Gasteiger partial charge in [0.2, 0.25) is 0 Å². The molecule has 29 heavy (non-hydrogen) atoms. The number of fused-ring (bicyclic) bond motifs is 1. The quantitative estimate of drug-likeness (QED) is 0.564. The average molecular weight is 388 g/mol. The SMILES string of the molecule is Cc1noc(C)c1-c1ccc(C2(c3nnc4c(C(C)(C)O)cccn34)CC2)cc1. The third kappa shape index (κ3) is 2.70. The van der Waals surface area contributed by atoms with Crippen LogP contribution in [0.5, 0.6) is 0 Å². The number of hydrogen-bond donors (Lipinski definition) is 1. The summed E-state index contributed by atoms with van der Waals surface area (Å²) in [7, 11) is 0. The normalized spacial score (nSPS) is 15.8. The molecule has 6 heteroatoms. The van der Waals surface area contributed by atoms with E-state index in [1.807, 2.05) is 36.6 Å². The summed E-state index contributed by atoms with van der Waals surface area (Å²) in [6.45, 7) is 7.45. The highest BCUT2D eigenvalue weighted by molar-refractivity contribution is 5.68. The minimum absolute atomic E-state index is 0.130. The number of nitrogens with zero attached hydrogens (tertiary/aromatic N) is 4. The van der Waals surface area contributed by atoms with Crippen LogP contribution in [0.15, 0.2) is 47.1 Å². The first-order valence-corrected chi connectivity index (χ1v) is 9.92. The topological polar surface area (TPSA) is 76.5 Å².